The van der Waals surface area contributed by atoms with Gasteiger partial charge in [-0.15, -0.1) is 13.2 Å². The number of pyridine rings is 1. The smallest absolute Gasteiger partial charge is 0.481 e. The van der Waals surface area contributed by atoms with Gasteiger partial charge in [0.1, 0.15) is 3.70 Å². The van der Waals surface area contributed by atoms with Crippen LogP contribution in [-0.4, -0.2) is 22.4 Å². The van der Waals surface area contributed by atoms with Gasteiger partial charge in [-0.05, 0) is 41.1 Å². The fourth-order valence-electron chi connectivity index (χ4n) is 1.13. The molecule has 1 heterocycles. The number of hydrogen-bond donors (Lipinski definition) is 1. The Bertz CT molecular complexity index is 448. The van der Waals surface area contributed by atoms with E-state index in [4.69, 9.17) is 5.11 Å². The summed E-state index contributed by atoms with van der Waals surface area (Å²) in [5.74, 6) is -1.63. The monoisotopic (exact) mass is 361 g/mol. The molecule has 4 nitrogen and oxygen atoms in total. The van der Waals surface area contributed by atoms with Crippen molar-refractivity contribution in [2.45, 2.75) is 19.7 Å². The zero-order valence-corrected chi connectivity index (χ0v) is 10.7. The van der Waals surface area contributed by atoms with E-state index in [2.05, 4.69) is 9.72 Å². The van der Waals surface area contributed by atoms with Gasteiger partial charge in [0.05, 0.1) is 6.42 Å². The number of aromatic nitrogens is 1. The van der Waals surface area contributed by atoms with Crippen molar-refractivity contribution in [2.24, 2.45) is 0 Å². The summed E-state index contributed by atoms with van der Waals surface area (Å²) in [6.45, 7) is 1.53. The number of alkyl halides is 3. The molecule has 1 aromatic heterocycles. The Balaban J connectivity index is 3.10. The molecule has 0 spiro atoms. The zero-order valence-electron chi connectivity index (χ0n) is 8.51. The Hall–Kier alpha value is -1.06. The van der Waals surface area contributed by atoms with Gasteiger partial charge in [-0.1, -0.05) is 0 Å². The number of aliphatic carboxylic acids is 1. The molecule has 17 heavy (non-hydrogen) atoms. The van der Waals surface area contributed by atoms with Crippen LogP contribution < -0.4 is 4.74 Å². The predicted molar refractivity (Wildman–Crippen MR) is 59.7 cm³/mol. The van der Waals surface area contributed by atoms with E-state index >= 15 is 0 Å². The van der Waals surface area contributed by atoms with Crippen LogP contribution in [0, 0.1) is 10.6 Å². The lowest BCUT2D eigenvalue weighted by atomic mass is 10.1. The molecule has 1 rings (SSSR count). The summed E-state index contributed by atoms with van der Waals surface area (Å²) in [5, 5.41) is 8.59. The topological polar surface area (TPSA) is 59.4 Å². The van der Waals surface area contributed by atoms with Crippen LogP contribution in [0.3, 0.4) is 0 Å². The molecule has 94 valence electrons. The maximum absolute atomic E-state index is 12.0. The fraction of sp³-hybridized carbons (Fsp3) is 0.333. The van der Waals surface area contributed by atoms with Gasteiger partial charge in [0.25, 0.3) is 0 Å². The van der Waals surface area contributed by atoms with E-state index in [1.807, 2.05) is 0 Å². The molecule has 0 aromatic carbocycles. The quantitative estimate of drug-likeness (QED) is 0.664. The summed E-state index contributed by atoms with van der Waals surface area (Å²) < 4.78 is 39.9. The third kappa shape index (κ3) is 4.36. The first-order chi connectivity index (χ1) is 7.69. The Morgan fingerprint density at radius 1 is 1.59 bits per heavy atom. The second kappa shape index (κ2) is 5.07. The summed E-state index contributed by atoms with van der Waals surface area (Å²) in [4.78, 5) is 14.3. The lowest BCUT2D eigenvalue weighted by molar-refractivity contribution is -0.275. The number of halogens is 4. The number of hydrogen-bond acceptors (Lipinski definition) is 3. The van der Waals surface area contributed by atoms with Gasteiger partial charge in [0.2, 0.25) is 0 Å². The third-order valence-electron chi connectivity index (χ3n) is 1.81. The highest BCUT2D eigenvalue weighted by molar-refractivity contribution is 14.1. The highest BCUT2D eigenvalue weighted by Gasteiger charge is 2.32. The Labute approximate surface area is 108 Å². The first-order valence-corrected chi connectivity index (χ1v) is 5.40. The van der Waals surface area contributed by atoms with Gasteiger partial charge in [-0.25, -0.2) is 4.98 Å². The predicted octanol–water partition coefficient (Wildman–Crippen LogP) is 2.52. The molecule has 0 bridgehead atoms. The normalized spacial score (nSPS) is 11.4. The van der Waals surface area contributed by atoms with Crippen LogP contribution in [0.5, 0.6) is 5.75 Å². The molecular weight excluding hydrogens is 354 g/mol. The lowest BCUT2D eigenvalue weighted by Crippen LogP contribution is -2.19. The molecule has 8 heteroatoms. The minimum atomic E-state index is -4.82. The molecular formula is C9H7F3INO3. The fourth-order valence-corrected chi connectivity index (χ4v) is 1.76. The van der Waals surface area contributed by atoms with Crippen molar-refractivity contribution in [3.8, 4) is 5.75 Å². The van der Waals surface area contributed by atoms with Gasteiger partial charge in [0.15, 0.2) is 5.75 Å². The van der Waals surface area contributed by atoms with Gasteiger partial charge in [-0.2, -0.15) is 0 Å². The van der Waals surface area contributed by atoms with E-state index in [0.717, 1.165) is 6.07 Å². The van der Waals surface area contributed by atoms with E-state index < -0.39 is 24.5 Å². The average molecular weight is 361 g/mol. The first-order valence-electron chi connectivity index (χ1n) is 4.32. The highest BCUT2D eigenvalue weighted by atomic mass is 127. The second-order valence-electron chi connectivity index (χ2n) is 3.14. The second-order valence-corrected chi connectivity index (χ2v) is 4.16. The molecule has 0 radical (unpaired) electrons. The highest BCUT2D eigenvalue weighted by Crippen LogP contribution is 2.28. The number of rotatable bonds is 3. The van der Waals surface area contributed by atoms with E-state index in [-0.39, 0.29) is 9.26 Å². The van der Waals surface area contributed by atoms with Crippen molar-refractivity contribution in [1.82, 2.24) is 4.98 Å². The SMILES string of the molecule is Cc1nc(I)c(OC(F)(F)F)cc1CC(=O)O. The molecule has 0 amide bonds. The molecule has 0 aliphatic carbocycles. The third-order valence-corrected chi connectivity index (χ3v) is 2.58. The maximum atomic E-state index is 12.0. The largest absolute Gasteiger partial charge is 0.573 e. The van der Waals surface area contributed by atoms with Crippen LogP contribution in [0.2, 0.25) is 0 Å². The zero-order chi connectivity index (χ0) is 13.2. The van der Waals surface area contributed by atoms with Gasteiger partial charge in [0, 0.05) is 5.69 Å². The molecule has 0 aliphatic heterocycles. The minimum absolute atomic E-state index is 0.0339. The summed E-state index contributed by atoms with van der Waals surface area (Å²) in [6.07, 6.45) is -5.22. The number of carboxylic acid groups (broad SMARTS) is 1. The first kappa shape index (κ1) is 14.0. The van der Waals surface area contributed by atoms with Crippen LogP contribution >= 0.6 is 22.6 Å². The molecule has 0 atom stereocenters. The summed E-state index contributed by atoms with van der Waals surface area (Å²) in [7, 11) is 0. The van der Waals surface area contributed by atoms with Crippen molar-refractivity contribution in [3.63, 3.8) is 0 Å². The van der Waals surface area contributed by atoms with E-state index in [1.54, 1.807) is 22.6 Å². The summed E-state index contributed by atoms with van der Waals surface area (Å²) >= 11 is 1.59. The van der Waals surface area contributed by atoms with Crippen LogP contribution in [0.1, 0.15) is 11.3 Å². The molecule has 1 aromatic rings. The molecule has 0 fully saturated rings. The van der Waals surface area contributed by atoms with Crippen molar-refractivity contribution >= 4 is 28.6 Å². The molecule has 0 saturated carbocycles. The molecule has 0 aliphatic rings. The van der Waals surface area contributed by atoms with Gasteiger partial charge < -0.3 is 9.84 Å². The molecule has 1 N–H and O–H groups in total. The Morgan fingerprint density at radius 3 is 2.65 bits per heavy atom. The van der Waals surface area contributed by atoms with Crippen molar-refractivity contribution < 1.29 is 27.8 Å². The Kier molecular flexibility index (Phi) is 4.17. The van der Waals surface area contributed by atoms with Gasteiger partial charge in [-0.3, -0.25) is 4.79 Å². The van der Waals surface area contributed by atoms with Crippen molar-refractivity contribution in [3.05, 3.63) is 21.0 Å². The number of nitrogens with zero attached hydrogens (tertiary/aromatic N) is 1. The maximum Gasteiger partial charge on any atom is 0.573 e. The van der Waals surface area contributed by atoms with E-state index in [9.17, 15) is 18.0 Å². The van der Waals surface area contributed by atoms with E-state index in [0.29, 0.717) is 5.69 Å². The van der Waals surface area contributed by atoms with Crippen LogP contribution in [0.15, 0.2) is 6.07 Å². The Morgan fingerprint density at radius 2 is 2.18 bits per heavy atom. The van der Waals surface area contributed by atoms with Crippen molar-refractivity contribution in [2.75, 3.05) is 0 Å². The summed E-state index contributed by atoms with van der Waals surface area (Å²) in [6, 6.07) is 1.05. The van der Waals surface area contributed by atoms with E-state index in [1.165, 1.54) is 6.92 Å². The average Bonchev–Trinajstić information content (AvgIpc) is 2.10. The summed E-state index contributed by atoms with van der Waals surface area (Å²) in [5.41, 5.74) is 0.559. The standard InChI is InChI=1S/C9H7F3INO3/c1-4-5(3-7(15)16)2-6(8(13)14-4)17-9(10,11)12/h2H,3H2,1H3,(H,15,16). The number of carboxylic acids is 1. The number of aryl methyl sites for hydroxylation is 1. The van der Waals surface area contributed by atoms with Crippen molar-refractivity contribution in [1.29, 1.82) is 0 Å². The van der Waals surface area contributed by atoms with Gasteiger partial charge >= 0.3 is 12.3 Å². The minimum Gasteiger partial charge on any atom is -0.481 e. The van der Waals surface area contributed by atoms with Crippen LogP contribution in [0.4, 0.5) is 13.2 Å². The number of ether oxygens (including phenoxy) is 1. The van der Waals surface area contributed by atoms with Crippen LogP contribution in [0.25, 0.3) is 0 Å². The molecule has 0 unspecified atom stereocenters. The lowest BCUT2D eigenvalue weighted by Gasteiger charge is -2.12. The van der Waals surface area contributed by atoms with Crippen LogP contribution in [-0.2, 0) is 11.2 Å². The number of carbonyl (C=O) groups is 1. The molecule has 0 saturated heterocycles.